The van der Waals surface area contributed by atoms with E-state index in [1.54, 1.807) is 6.20 Å². The Hall–Kier alpha value is -0.970. The molecule has 0 aliphatic rings. The van der Waals surface area contributed by atoms with Crippen LogP contribution in [0.5, 0.6) is 0 Å². The third kappa shape index (κ3) is 5.21. The summed E-state index contributed by atoms with van der Waals surface area (Å²) in [4.78, 5) is 4.22. The minimum absolute atomic E-state index is 0.168. The fraction of sp³-hybridized carbons (Fsp3) is 0.583. The number of hydrogen-bond donors (Lipinski definition) is 1. The van der Waals surface area contributed by atoms with Gasteiger partial charge in [0.25, 0.3) is 0 Å². The summed E-state index contributed by atoms with van der Waals surface area (Å²) in [7, 11) is 0. The van der Waals surface area contributed by atoms with Gasteiger partial charge < -0.3 is 14.8 Å². The first-order valence-corrected chi connectivity index (χ1v) is 5.70. The predicted octanol–water partition coefficient (Wildman–Crippen LogP) is 1.57. The lowest BCUT2D eigenvalue weighted by Gasteiger charge is -2.17. The van der Waals surface area contributed by atoms with E-state index in [0.29, 0.717) is 19.8 Å². The van der Waals surface area contributed by atoms with Gasteiger partial charge in [-0.25, -0.2) is 0 Å². The Kier molecular flexibility index (Phi) is 6.72. The van der Waals surface area contributed by atoms with Crippen LogP contribution in [-0.2, 0) is 16.0 Å². The highest BCUT2D eigenvalue weighted by atomic mass is 16.7. The van der Waals surface area contributed by atoms with Crippen LogP contribution in [0.4, 0.5) is 0 Å². The van der Waals surface area contributed by atoms with E-state index in [9.17, 15) is 0 Å². The van der Waals surface area contributed by atoms with E-state index in [1.165, 1.54) is 0 Å². The Morgan fingerprint density at radius 2 is 2.00 bits per heavy atom. The third-order valence-electron chi connectivity index (χ3n) is 2.05. The summed E-state index contributed by atoms with van der Waals surface area (Å²) in [5, 5.41) is 3.26. The number of nitrogens with one attached hydrogen (secondary N) is 1. The van der Waals surface area contributed by atoms with Crippen molar-refractivity contribution in [2.45, 2.75) is 26.7 Å². The van der Waals surface area contributed by atoms with Crippen molar-refractivity contribution in [2.75, 3.05) is 19.8 Å². The average molecular weight is 224 g/mol. The summed E-state index contributed by atoms with van der Waals surface area (Å²) in [5.74, 6) is 0. The summed E-state index contributed by atoms with van der Waals surface area (Å²) < 4.78 is 10.8. The summed E-state index contributed by atoms with van der Waals surface area (Å²) in [6.07, 6.45) is 1.62. The lowest BCUT2D eigenvalue weighted by molar-refractivity contribution is -0.133. The van der Waals surface area contributed by atoms with Crippen LogP contribution in [0.25, 0.3) is 0 Å². The van der Waals surface area contributed by atoms with Crippen molar-refractivity contribution in [2.24, 2.45) is 0 Å². The second-order valence-corrected chi connectivity index (χ2v) is 3.29. The molecule has 4 nitrogen and oxygen atoms in total. The normalized spacial score (nSPS) is 10.9. The number of ether oxygens (including phenoxy) is 2. The maximum absolute atomic E-state index is 5.42. The Morgan fingerprint density at radius 3 is 2.56 bits per heavy atom. The fourth-order valence-corrected chi connectivity index (χ4v) is 1.36. The van der Waals surface area contributed by atoms with Crippen molar-refractivity contribution in [1.29, 1.82) is 0 Å². The van der Waals surface area contributed by atoms with Gasteiger partial charge in [-0.1, -0.05) is 6.07 Å². The molecule has 0 aliphatic carbocycles. The van der Waals surface area contributed by atoms with Crippen LogP contribution in [-0.4, -0.2) is 31.0 Å². The Labute approximate surface area is 97.0 Å². The zero-order chi connectivity index (χ0) is 11.6. The molecular weight excluding hydrogens is 204 g/mol. The molecule has 0 amide bonds. The summed E-state index contributed by atoms with van der Waals surface area (Å²) in [6, 6.07) is 5.88. The van der Waals surface area contributed by atoms with Crippen molar-refractivity contribution in [3.63, 3.8) is 0 Å². The number of aromatic nitrogens is 1. The lowest BCUT2D eigenvalue weighted by Crippen LogP contribution is -2.31. The molecule has 4 heteroatoms. The Bertz CT molecular complexity index is 261. The van der Waals surface area contributed by atoms with Gasteiger partial charge in [0.1, 0.15) is 0 Å². The highest BCUT2D eigenvalue weighted by Gasteiger charge is 2.06. The average Bonchev–Trinajstić information content (AvgIpc) is 2.31. The van der Waals surface area contributed by atoms with Crippen LogP contribution in [0.3, 0.4) is 0 Å². The highest BCUT2D eigenvalue weighted by molar-refractivity contribution is 5.02. The number of hydrogen-bond acceptors (Lipinski definition) is 4. The zero-order valence-electron chi connectivity index (χ0n) is 9.98. The topological polar surface area (TPSA) is 43.4 Å². The highest BCUT2D eigenvalue weighted by Crippen LogP contribution is 1.96. The molecule has 0 aromatic carbocycles. The maximum Gasteiger partial charge on any atom is 0.169 e. The first-order valence-electron chi connectivity index (χ1n) is 5.70. The van der Waals surface area contributed by atoms with Crippen molar-refractivity contribution in [3.05, 3.63) is 30.1 Å². The minimum atomic E-state index is -0.168. The van der Waals surface area contributed by atoms with E-state index in [0.717, 1.165) is 12.2 Å². The summed E-state index contributed by atoms with van der Waals surface area (Å²) in [5.41, 5.74) is 1.02. The van der Waals surface area contributed by atoms with E-state index in [-0.39, 0.29) is 6.29 Å². The lowest BCUT2D eigenvalue weighted by atomic mass is 10.3. The molecular formula is C12H20N2O2. The predicted molar refractivity (Wildman–Crippen MR) is 63.0 cm³/mol. The molecule has 1 heterocycles. The molecule has 0 spiro atoms. The van der Waals surface area contributed by atoms with Gasteiger partial charge in [0, 0.05) is 32.5 Å². The van der Waals surface area contributed by atoms with E-state index < -0.39 is 0 Å². The van der Waals surface area contributed by atoms with E-state index >= 15 is 0 Å². The number of pyridine rings is 1. The molecule has 90 valence electrons. The van der Waals surface area contributed by atoms with Crippen LogP contribution in [0.15, 0.2) is 24.4 Å². The molecule has 0 unspecified atom stereocenters. The molecule has 0 fully saturated rings. The van der Waals surface area contributed by atoms with Gasteiger partial charge in [-0.2, -0.15) is 0 Å². The number of nitrogens with zero attached hydrogens (tertiary/aromatic N) is 1. The Morgan fingerprint density at radius 1 is 1.25 bits per heavy atom. The molecule has 0 atom stereocenters. The molecule has 0 saturated carbocycles. The molecule has 1 N–H and O–H groups in total. The molecule has 0 radical (unpaired) electrons. The smallest absolute Gasteiger partial charge is 0.169 e. The SMILES string of the molecule is CCOC(CNCc1ccccn1)OCC. The summed E-state index contributed by atoms with van der Waals surface area (Å²) in [6.45, 7) is 6.66. The van der Waals surface area contributed by atoms with Gasteiger partial charge in [0.05, 0.1) is 5.69 Å². The fourth-order valence-electron chi connectivity index (χ4n) is 1.36. The van der Waals surface area contributed by atoms with Crippen LogP contribution in [0.1, 0.15) is 19.5 Å². The monoisotopic (exact) mass is 224 g/mol. The first-order chi connectivity index (χ1) is 7.86. The van der Waals surface area contributed by atoms with E-state index in [4.69, 9.17) is 9.47 Å². The molecule has 0 bridgehead atoms. The van der Waals surface area contributed by atoms with E-state index in [2.05, 4.69) is 10.3 Å². The van der Waals surface area contributed by atoms with Crippen molar-refractivity contribution < 1.29 is 9.47 Å². The van der Waals surface area contributed by atoms with Crippen LogP contribution >= 0.6 is 0 Å². The van der Waals surface area contributed by atoms with Gasteiger partial charge in [-0.15, -0.1) is 0 Å². The molecule has 0 aliphatic heterocycles. The van der Waals surface area contributed by atoms with Gasteiger partial charge in [0.15, 0.2) is 6.29 Å². The molecule has 0 saturated heterocycles. The molecule has 1 aromatic heterocycles. The minimum Gasteiger partial charge on any atom is -0.352 e. The van der Waals surface area contributed by atoms with E-state index in [1.807, 2.05) is 32.0 Å². The van der Waals surface area contributed by atoms with Crippen molar-refractivity contribution in [1.82, 2.24) is 10.3 Å². The van der Waals surface area contributed by atoms with Crippen LogP contribution in [0.2, 0.25) is 0 Å². The van der Waals surface area contributed by atoms with Gasteiger partial charge in [-0.05, 0) is 26.0 Å². The Balaban J connectivity index is 2.22. The standard InChI is InChI=1S/C12H20N2O2/c1-3-15-12(16-4-2)10-13-9-11-7-5-6-8-14-11/h5-8,12-13H,3-4,9-10H2,1-2H3. The third-order valence-corrected chi connectivity index (χ3v) is 2.05. The van der Waals surface area contributed by atoms with Gasteiger partial charge >= 0.3 is 0 Å². The largest absolute Gasteiger partial charge is 0.352 e. The molecule has 1 rings (SSSR count). The van der Waals surface area contributed by atoms with Crippen molar-refractivity contribution >= 4 is 0 Å². The van der Waals surface area contributed by atoms with Gasteiger partial charge in [-0.3, -0.25) is 4.98 Å². The quantitative estimate of drug-likeness (QED) is 0.681. The van der Waals surface area contributed by atoms with Crippen LogP contribution in [0, 0.1) is 0 Å². The van der Waals surface area contributed by atoms with Crippen LogP contribution < -0.4 is 5.32 Å². The number of rotatable bonds is 8. The summed E-state index contributed by atoms with van der Waals surface area (Å²) >= 11 is 0. The molecule has 16 heavy (non-hydrogen) atoms. The maximum atomic E-state index is 5.42. The van der Waals surface area contributed by atoms with Gasteiger partial charge in [0.2, 0.25) is 0 Å². The molecule has 1 aromatic rings. The second kappa shape index (κ2) is 8.21. The van der Waals surface area contributed by atoms with Crippen molar-refractivity contribution in [3.8, 4) is 0 Å². The first kappa shape index (κ1) is 13.1. The zero-order valence-corrected chi connectivity index (χ0v) is 9.98. The second-order valence-electron chi connectivity index (χ2n) is 3.29.